The van der Waals surface area contributed by atoms with Gasteiger partial charge in [0.25, 0.3) is 0 Å². The van der Waals surface area contributed by atoms with Crippen LogP contribution in [0.15, 0.2) is 6.33 Å². The van der Waals surface area contributed by atoms with Gasteiger partial charge < -0.3 is 11.1 Å². The summed E-state index contributed by atoms with van der Waals surface area (Å²) >= 11 is 0. The van der Waals surface area contributed by atoms with Crippen LogP contribution in [0.2, 0.25) is 0 Å². The van der Waals surface area contributed by atoms with E-state index in [2.05, 4.69) is 25.6 Å². The van der Waals surface area contributed by atoms with Gasteiger partial charge in [-0.2, -0.15) is 9.61 Å². The maximum absolute atomic E-state index is 5.52. The van der Waals surface area contributed by atoms with Gasteiger partial charge in [0.05, 0.1) is 0 Å². The molecule has 0 atom stereocenters. The van der Waals surface area contributed by atoms with Gasteiger partial charge in [0.15, 0.2) is 5.82 Å². The Balaban J connectivity index is 2.80. The molecule has 0 bridgehead atoms. The zero-order valence-corrected chi connectivity index (χ0v) is 6.39. The molecule has 2 aromatic rings. The summed E-state index contributed by atoms with van der Waals surface area (Å²) in [6.45, 7) is 0. The number of hydrogen-bond acceptors (Lipinski definition) is 6. The van der Waals surface area contributed by atoms with E-state index in [0.717, 1.165) is 0 Å². The van der Waals surface area contributed by atoms with Gasteiger partial charge in [-0.05, 0) is 0 Å². The molecule has 7 heteroatoms. The third-order valence-electron chi connectivity index (χ3n) is 1.46. The Hall–Kier alpha value is -1.92. The zero-order valence-electron chi connectivity index (χ0n) is 6.39. The van der Waals surface area contributed by atoms with E-state index >= 15 is 0 Å². The molecule has 12 heavy (non-hydrogen) atoms. The molecule has 0 unspecified atom stereocenters. The highest BCUT2D eigenvalue weighted by Crippen LogP contribution is 2.08. The van der Waals surface area contributed by atoms with Crippen LogP contribution in [0.4, 0.5) is 11.8 Å². The van der Waals surface area contributed by atoms with Crippen molar-refractivity contribution < 1.29 is 0 Å². The smallest absolute Gasteiger partial charge is 0.245 e. The van der Waals surface area contributed by atoms with Gasteiger partial charge in [0, 0.05) is 7.05 Å². The minimum absolute atomic E-state index is 0.319. The Morgan fingerprint density at radius 1 is 1.50 bits per heavy atom. The lowest BCUT2D eigenvalue weighted by Gasteiger charge is -1.95. The maximum Gasteiger partial charge on any atom is 0.245 e. The van der Waals surface area contributed by atoms with Gasteiger partial charge in [-0.25, -0.2) is 4.98 Å². The highest BCUT2D eigenvalue weighted by atomic mass is 15.4. The largest absolute Gasteiger partial charge is 0.380 e. The van der Waals surface area contributed by atoms with Crippen LogP contribution in [-0.2, 0) is 0 Å². The monoisotopic (exact) mass is 165 g/mol. The van der Waals surface area contributed by atoms with Crippen molar-refractivity contribution in [2.45, 2.75) is 0 Å². The number of rotatable bonds is 1. The van der Waals surface area contributed by atoms with Crippen molar-refractivity contribution in [2.24, 2.45) is 0 Å². The highest BCUT2D eigenvalue weighted by molar-refractivity contribution is 5.59. The van der Waals surface area contributed by atoms with Gasteiger partial charge in [-0.1, -0.05) is 0 Å². The van der Waals surface area contributed by atoms with Gasteiger partial charge >= 0.3 is 0 Å². The highest BCUT2D eigenvalue weighted by Gasteiger charge is 2.06. The molecular weight excluding hydrogens is 158 g/mol. The van der Waals surface area contributed by atoms with E-state index in [0.29, 0.717) is 17.4 Å². The molecule has 0 spiro atoms. The van der Waals surface area contributed by atoms with Crippen LogP contribution in [0.5, 0.6) is 0 Å². The summed E-state index contributed by atoms with van der Waals surface area (Å²) in [4.78, 5) is 3.77. The van der Waals surface area contributed by atoms with E-state index in [9.17, 15) is 0 Å². The predicted molar refractivity (Wildman–Crippen MR) is 42.5 cm³/mol. The van der Waals surface area contributed by atoms with E-state index < -0.39 is 0 Å². The number of hydrogen-bond donors (Lipinski definition) is 2. The first-order valence-corrected chi connectivity index (χ1v) is 3.32. The van der Waals surface area contributed by atoms with Crippen LogP contribution in [0.25, 0.3) is 5.65 Å². The second-order valence-corrected chi connectivity index (χ2v) is 2.15. The quantitative estimate of drug-likeness (QED) is 0.571. The fourth-order valence-electron chi connectivity index (χ4n) is 0.902. The molecule has 7 nitrogen and oxygen atoms in total. The van der Waals surface area contributed by atoms with Gasteiger partial charge in [0.1, 0.15) is 6.33 Å². The number of fused-ring (bicyclic) bond motifs is 1. The van der Waals surface area contributed by atoms with Crippen molar-refractivity contribution in [3.05, 3.63) is 6.33 Å². The van der Waals surface area contributed by atoms with Crippen LogP contribution in [-0.4, -0.2) is 31.8 Å². The molecule has 0 aliphatic carbocycles. The maximum atomic E-state index is 5.52. The van der Waals surface area contributed by atoms with Gasteiger partial charge in [-0.3, -0.25) is 0 Å². The summed E-state index contributed by atoms with van der Waals surface area (Å²) in [5, 5.41) is 14.3. The van der Waals surface area contributed by atoms with E-state index in [1.807, 2.05) is 0 Å². The molecule has 0 fully saturated rings. The van der Waals surface area contributed by atoms with E-state index in [1.54, 1.807) is 7.05 Å². The normalized spacial score (nSPS) is 10.4. The average molecular weight is 165 g/mol. The Bertz CT molecular complexity index is 405. The Labute approximate surface area is 67.6 Å². The lowest BCUT2D eigenvalue weighted by molar-refractivity contribution is 0.901. The molecule has 0 saturated carbocycles. The molecule has 0 aliphatic heterocycles. The summed E-state index contributed by atoms with van der Waals surface area (Å²) in [6.07, 6.45) is 1.35. The van der Waals surface area contributed by atoms with Crippen molar-refractivity contribution >= 4 is 17.4 Å². The standard InChI is InChI=1S/C5H7N7/c1-7-5-11-10-4-3(6)8-2-9-12(4)5/h2H,1H3,(H,7,11)(H2,6,8,9). The molecule has 0 aromatic carbocycles. The van der Waals surface area contributed by atoms with Crippen LogP contribution in [0.1, 0.15) is 0 Å². The third-order valence-corrected chi connectivity index (χ3v) is 1.46. The summed E-state index contributed by atoms with van der Waals surface area (Å²) in [5.41, 5.74) is 5.98. The van der Waals surface area contributed by atoms with E-state index in [-0.39, 0.29) is 0 Å². The fraction of sp³-hybridized carbons (Fsp3) is 0.200. The Morgan fingerprint density at radius 3 is 3.08 bits per heavy atom. The molecule has 0 aliphatic rings. The summed E-state index contributed by atoms with van der Waals surface area (Å²) in [5.74, 6) is 0.859. The summed E-state index contributed by atoms with van der Waals surface area (Å²) in [7, 11) is 1.73. The topological polar surface area (TPSA) is 94.0 Å². The Kier molecular flexibility index (Phi) is 1.29. The molecule has 0 amide bonds. The first kappa shape index (κ1) is 6.77. The molecular formula is C5H7N7. The number of nitrogen functional groups attached to an aromatic ring is 1. The van der Waals surface area contributed by atoms with Crippen molar-refractivity contribution in [2.75, 3.05) is 18.1 Å². The number of nitrogens with two attached hydrogens (primary N) is 1. The first-order chi connectivity index (χ1) is 5.83. The molecule has 0 saturated heterocycles. The van der Waals surface area contributed by atoms with Crippen LogP contribution in [0.3, 0.4) is 0 Å². The molecule has 3 N–H and O–H groups in total. The number of aromatic nitrogens is 5. The molecule has 2 aromatic heterocycles. The Morgan fingerprint density at radius 2 is 2.33 bits per heavy atom. The molecule has 62 valence electrons. The summed E-state index contributed by atoms with van der Waals surface area (Å²) in [6, 6.07) is 0. The predicted octanol–water partition coefficient (Wildman–Crippen LogP) is -0.857. The molecule has 2 heterocycles. The van der Waals surface area contributed by atoms with E-state index in [4.69, 9.17) is 5.73 Å². The number of nitrogens with zero attached hydrogens (tertiary/aromatic N) is 5. The van der Waals surface area contributed by atoms with Gasteiger partial charge in [-0.15, -0.1) is 10.2 Å². The minimum Gasteiger partial charge on any atom is -0.380 e. The lowest BCUT2D eigenvalue weighted by Crippen LogP contribution is -2.02. The van der Waals surface area contributed by atoms with Crippen molar-refractivity contribution in [3.63, 3.8) is 0 Å². The number of nitrogens with one attached hydrogen (secondary N) is 1. The summed E-state index contributed by atoms with van der Waals surface area (Å²) < 4.78 is 1.49. The fourth-order valence-corrected chi connectivity index (χ4v) is 0.902. The van der Waals surface area contributed by atoms with E-state index in [1.165, 1.54) is 10.8 Å². The minimum atomic E-state index is 0.319. The van der Waals surface area contributed by atoms with Crippen molar-refractivity contribution in [1.29, 1.82) is 0 Å². The van der Waals surface area contributed by atoms with Crippen LogP contribution >= 0.6 is 0 Å². The first-order valence-electron chi connectivity index (χ1n) is 3.32. The molecule has 2 rings (SSSR count). The van der Waals surface area contributed by atoms with Crippen molar-refractivity contribution in [3.8, 4) is 0 Å². The molecule has 0 radical (unpaired) electrons. The van der Waals surface area contributed by atoms with Crippen LogP contribution in [0, 0.1) is 0 Å². The zero-order chi connectivity index (χ0) is 8.55. The lowest BCUT2D eigenvalue weighted by atomic mass is 10.7. The average Bonchev–Trinajstić information content (AvgIpc) is 2.49. The second kappa shape index (κ2) is 2.29. The second-order valence-electron chi connectivity index (χ2n) is 2.15. The van der Waals surface area contributed by atoms with Crippen LogP contribution < -0.4 is 11.1 Å². The number of anilines is 2. The van der Waals surface area contributed by atoms with Gasteiger partial charge in [0.2, 0.25) is 11.6 Å². The van der Waals surface area contributed by atoms with Crippen molar-refractivity contribution in [1.82, 2.24) is 24.8 Å². The SMILES string of the molecule is CNc1nnc2c(N)ncnn12. The third kappa shape index (κ3) is 0.760.